The van der Waals surface area contributed by atoms with E-state index in [0.717, 1.165) is 0 Å². The first-order valence-corrected chi connectivity index (χ1v) is 13.4. The Balaban J connectivity index is 2.37. The molecule has 9 heteroatoms. The lowest BCUT2D eigenvalue weighted by Gasteiger charge is -2.34. The Morgan fingerprint density at radius 3 is 2.61 bits per heavy atom. The number of carbonyl (C=O) groups excluding carboxylic acids is 2. The molecule has 0 radical (unpaired) electrons. The van der Waals surface area contributed by atoms with E-state index < -0.39 is 48.7 Å². The van der Waals surface area contributed by atoms with E-state index in [1.54, 1.807) is 45.2 Å². The molecule has 1 aromatic heterocycles. The third kappa shape index (κ3) is 8.03. The van der Waals surface area contributed by atoms with E-state index in [1.807, 2.05) is 6.92 Å². The molecule has 1 aliphatic heterocycles. The number of carbonyl (C=O) groups is 2. The summed E-state index contributed by atoms with van der Waals surface area (Å²) in [7, 11) is 0. The minimum absolute atomic E-state index is 0.167. The molecule has 0 bridgehead atoms. The van der Waals surface area contributed by atoms with Gasteiger partial charge in [0.15, 0.2) is 0 Å². The van der Waals surface area contributed by atoms with Crippen molar-refractivity contribution in [3.63, 3.8) is 0 Å². The molecule has 1 aliphatic rings. The maximum absolute atomic E-state index is 13.7. The maximum atomic E-state index is 13.7. The number of rotatable bonds is 4. The number of halogens is 1. The van der Waals surface area contributed by atoms with Crippen molar-refractivity contribution in [2.45, 2.75) is 91.6 Å². The predicted octanol–water partition coefficient (Wildman–Crippen LogP) is 4.40. The molecule has 0 aromatic carbocycles. The lowest BCUT2D eigenvalue weighted by molar-refractivity contribution is -0.154. The second-order valence-electron chi connectivity index (χ2n) is 10.4. The molecule has 7 nitrogen and oxygen atoms in total. The van der Waals surface area contributed by atoms with E-state index in [0.29, 0.717) is 41.1 Å². The quantitative estimate of drug-likeness (QED) is 0.394. The predicted molar refractivity (Wildman–Crippen MR) is 138 cm³/mol. The number of Topliss-reactive ketones (excluding diaryl/α,β-unsaturated/α-hetero) is 1. The van der Waals surface area contributed by atoms with E-state index in [-0.39, 0.29) is 24.7 Å². The van der Waals surface area contributed by atoms with Crippen LogP contribution in [0.25, 0.3) is 6.08 Å². The van der Waals surface area contributed by atoms with Crippen LogP contribution in [0.15, 0.2) is 22.6 Å². The molecule has 5 atom stereocenters. The number of aliphatic hydroxyl groups is 3. The van der Waals surface area contributed by atoms with Crippen LogP contribution in [0, 0.1) is 17.3 Å². The standard InChI is InChI=1S/C27H40FNO6S/c1-16-7-6-8-19(13-28)9-10-21(17(2)11-20-15-36-23(14-30)29-20)35-24(32)12-22(31)27(4,5)26(34)18(3)25(16)33/h9,11,15-16,18,21-22,25,30-31,33H,6-8,10,12-14H2,1-5H3/t16-,18+,21-,22-,25-/m0/s1. The summed E-state index contributed by atoms with van der Waals surface area (Å²) < 4.78 is 19.4. The highest BCUT2D eigenvalue weighted by molar-refractivity contribution is 7.09. The van der Waals surface area contributed by atoms with Crippen molar-refractivity contribution in [1.29, 1.82) is 0 Å². The van der Waals surface area contributed by atoms with Crippen LogP contribution in [-0.2, 0) is 20.9 Å². The molecule has 0 aliphatic carbocycles. The van der Waals surface area contributed by atoms with Crippen molar-refractivity contribution < 1.29 is 34.0 Å². The lowest BCUT2D eigenvalue weighted by Crippen LogP contribution is -2.45. The van der Waals surface area contributed by atoms with Crippen LogP contribution in [-0.4, -0.2) is 57.0 Å². The summed E-state index contributed by atoms with van der Waals surface area (Å²) in [5.41, 5.74) is 0.620. The van der Waals surface area contributed by atoms with Gasteiger partial charge in [-0.3, -0.25) is 9.59 Å². The SMILES string of the molecule is CC(=Cc1csc(CO)n1)[C@@H]1CC=C(CF)CCC[C@H](C)[C@H](O)[C@@H](C)C(=O)C(C)(C)[C@@H](O)CC(=O)O1. The van der Waals surface area contributed by atoms with Gasteiger partial charge in [-0.05, 0) is 49.3 Å². The minimum atomic E-state index is -1.30. The largest absolute Gasteiger partial charge is 0.457 e. The van der Waals surface area contributed by atoms with Crippen LogP contribution in [0.3, 0.4) is 0 Å². The highest BCUT2D eigenvalue weighted by Crippen LogP contribution is 2.32. The van der Waals surface area contributed by atoms with Crippen LogP contribution in [0.2, 0.25) is 0 Å². The lowest BCUT2D eigenvalue weighted by atomic mass is 9.73. The van der Waals surface area contributed by atoms with Crippen LogP contribution < -0.4 is 0 Å². The summed E-state index contributed by atoms with van der Waals surface area (Å²) in [6.07, 6.45) is 2.18. The molecule has 0 amide bonds. The van der Waals surface area contributed by atoms with E-state index >= 15 is 0 Å². The van der Waals surface area contributed by atoms with Gasteiger partial charge in [0.2, 0.25) is 0 Å². The molecule has 0 saturated heterocycles. The van der Waals surface area contributed by atoms with Crippen LogP contribution in [0.1, 0.15) is 77.4 Å². The number of thiazole rings is 1. The van der Waals surface area contributed by atoms with Gasteiger partial charge in [0.05, 0.1) is 36.3 Å². The van der Waals surface area contributed by atoms with E-state index in [4.69, 9.17) is 4.74 Å². The Kier molecular flexibility index (Phi) is 11.4. The van der Waals surface area contributed by atoms with Crippen molar-refractivity contribution in [1.82, 2.24) is 4.98 Å². The van der Waals surface area contributed by atoms with Gasteiger partial charge < -0.3 is 20.1 Å². The Bertz CT molecular complexity index is 956. The zero-order chi connectivity index (χ0) is 27.0. The Labute approximate surface area is 217 Å². The van der Waals surface area contributed by atoms with Gasteiger partial charge in [0.25, 0.3) is 0 Å². The second kappa shape index (κ2) is 13.6. The van der Waals surface area contributed by atoms with Crippen molar-refractivity contribution in [2.24, 2.45) is 17.3 Å². The topological polar surface area (TPSA) is 117 Å². The molecule has 0 saturated carbocycles. The Morgan fingerprint density at radius 1 is 1.31 bits per heavy atom. The molecular weight excluding hydrogens is 485 g/mol. The van der Waals surface area contributed by atoms with Crippen molar-refractivity contribution in [3.05, 3.63) is 33.3 Å². The Morgan fingerprint density at radius 2 is 2.00 bits per heavy atom. The van der Waals surface area contributed by atoms with Gasteiger partial charge >= 0.3 is 5.97 Å². The van der Waals surface area contributed by atoms with Gasteiger partial charge in [-0.1, -0.05) is 33.8 Å². The second-order valence-corrected chi connectivity index (χ2v) is 11.3. The average molecular weight is 526 g/mol. The number of aromatic nitrogens is 1. The van der Waals surface area contributed by atoms with Gasteiger partial charge in [0, 0.05) is 17.7 Å². The fraction of sp³-hybridized carbons (Fsp3) is 0.667. The first kappa shape index (κ1) is 30.3. The molecule has 2 heterocycles. The normalized spacial score (nSPS) is 29.5. The summed E-state index contributed by atoms with van der Waals surface area (Å²) in [4.78, 5) is 30.3. The van der Waals surface area contributed by atoms with Crippen LogP contribution >= 0.6 is 11.3 Å². The zero-order valence-corrected chi connectivity index (χ0v) is 22.7. The van der Waals surface area contributed by atoms with Gasteiger partial charge in [0.1, 0.15) is 23.6 Å². The van der Waals surface area contributed by atoms with Crippen molar-refractivity contribution >= 4 is 29.2 Å². The fourth-order valence-corrected chi connectivity index (χ4v) is 5.07. The Hall–Kier alpha value is -1.94. The van der Waals surface area contributed by atoms with Crippen LogP contribution in [0.5, 0.6) is 0 Å². The summed E-state index contributed by atoms with van der Waals surface area (Å²) >= 11 is 1.31. The van der Waals surface area contributed by atoms with Crippen LogP contribution in [0.4, 0.5) is 4.39 Å². The monoisotopic (exact) mass is 525 g/mol. The number of aliphatic hydroxyl groups excluding tert-OH is 3. The number of hydrogen-bond donors (Lipinski definition) is 3. The minimum Gasteiger partial charge on any atom is -0.457 e. The van der Waals surface area contributed by atoms with E-state index in [9.17, 15) is 29.3 Å². The maximum Gasteiger partial charge on any atom is 0.309 e. The molecule has 2 rings (SSSR count). The number of hydrogen-bond acceptors (Lipinski definition) is 8. The van der Waals surface area contributed by atoms with Gasteiger partial charge in [-0.2, -0.15) is 0 Å². The molecule has 0 spiro atoms. The smallest absolute Gasteiger partial charge is 0.309 e. The molecule has 202 valence electrons. The first-order chi connectivity index (χ1) is 16.9. The molecule has 0 fully saturated rings. The van der Waals surface area contributed by atoms with Gasteiger partial charge in [-0.15, -0.1) is 11.3 Å². The van der Waals surface area contributed by atoms with Gasteiger partial charge in [-0.25, -0.2) is 9.37 Å². The summed E-state index contributed by atoms with van der Waals surface area (Å²) in [5.74, 6) is -1.92. The fourth-order valence-electron chi connectivity index (χ4n) is 4.45. The molecule has 0 unspecified atom stereocenters. The highest BCUT2D eigenvalue weighted by Gasteiger charge is 2.42. The van der Waals surface area contributed by atoms with Crippen molar-refractivity contribution in [2.75, 3.05) is 6.67 Å². The number of ketones is 1. The number of allylic oxidation sites excluding steroid dienone is 1. The summed E-state index contributed by atoms with van der Waals surface area (Å²) in [6.45, 7) is 7.63. The first-order valence-electron chi connectivity index (χ1n) is 12.5. The molecular formula is C27H40FNO6S. The van der Waals surface area contributed by atoms with E-state index in [2.05, 4.69) is 4.98 Å². The van der Waals surface area contributed by atoms with Crippen molar-refractivity contribution in [3.8, 4) is 0 Å². The molecule has 3 N–H and O–H groups in total. The number of alkyl halides is 1. The number of ether oxygens (including phenoxy) is 1. The van der Waals surface area contributed by atoms with E-state index in [1.165, 1.54) is 11.3 Å². The average Bonchev–Trinajstić information content (AvgIpc) is 3.30. The molecule has 36 heavy (non-hydrogen) atoms. The number of cyclic esters (lactones) is 1. The molecule has 1 aromatic rings. The zero-order valence-electron chi connectivity index (χ0n) is 21.9. The number of nitrogens with zero attached hydrogens (tertiary/aromatic N) is 1. The summed E-state index contributed by atoms with van der Waals surface area (Å²) in [5, 5.41) is 33.2. The highest BCUT2D eigenvalue weighted by atomic mass is 32.1. The third-order valence-electron chi connectivity index (χ3n) is 7.15. The summed E-state index contributed by atoms with van der Waals surface area (Å²) in [6, 6.07) is 0. The number of esters is 1. The third-order valence-corrected chi connectivity index (χ3v) is 8.00.